The summed E-state index contributed by atoms with van der Waals surface area (Å²) < 4.78 is 4.50. The monoisotopic (exact) mass is 200 g/mol. The molecule has 0 aliphatic rings. The zero-order valence-corrected chi connectivity index (χ0v) is 8.96. The van der Waals surface area contributed by atoms with Crippen molar-refractivity contribution in [2.75, 3.05) is 6.61 Å². The van der Waals surface area contributed by atoms with E-state index in [-0.39, 0.29) is 5.41 Å². The Morgan fingerprint density at radius 1 is 1.36 bits per heavy atom. The molecule has 0 aliphatic carbocycles. The van der Waals surface area contributed by atoms with E-state index in [4.69, 9.17) is 5.11 Å². The smallest absolute Gasteiger partial charge is 0.341 e. The molecule has 0 aliphatic heterocycles. The second-order valence-corrected chi connectivity index (χ2v) is 4.16. The van der Waals surface area contributed by atoms with Gasteiger partial charge in [-0.15, -0.1) is 0 Å². The van der Waals surface area contributed by atoms with Gasteiger partial charge in [-0.05, 0) is 12.3 Å². The summed E-state index contributed by atoms with van der Waals surface area (Å²) in [6, 6.07) is 0. The maximum atomic E-state index is 11.2. The van der Waals surface area contributed by atoms with Crippen LogP contribution in [0.4, 0.5) is 0 Å². The Bertz CT molecular complexity index is 258. The topological polar surface area (TPSA) is 63.6 Å². The zero-order valence-electron chi connectivity index (χ0n) is 8.96. The second-order valence-electron chi connectivity index (χ2n) is 4.16. The van der Waals surface area contributed by atoms with Gasteiger partial charge in [0.25, 0.3) is 0 Å². The first-order valence-corrected chi connectivity index (χ1v) is 4.31. The fourth-order valence-corrected chi connectivity index (χ4v) is 0.950. The third-order valence-corrected chi connectivity index (χ3v) is 1.30. The van der Waals surface area contributed by atoms with E-state index in [2.05, 4.69) is 4.74 Å². The summed E-state index contributed by atoms with van der Waals surface area (Å²) in [5.74, 6) is -1.73. The van der Waals surface area contributed by atoms with Crippen LogP contribution in [0.5, 0.6) is 0 Å². The van der Waals surface area contributed by atoms with E-state index in [1.807, 2.05) is 20.8 Å². The van der Waals surface area contributed by atoms with Gasteiger partial charge in [0.1, 0.15) is 0 Å². The molecular formula is C10H16O4. The normalized spacial score (nSPS) is 12.4. The van der Waals surface area contributed by atoms with Crippen molar-refractivity contribution in [1.82, 2.24) is 0 Å². The largest absolute Gasteiger partial charge is 0.479 e. The van der Waals surface area contributed by atoms with Gasteiger partial charge in [0.05, 0.1) is 0 Å². The molecule has 4 nitrogen and oxygen atoms in total. The first kappa shape index (κ1) is 12.7. The third kappa shape index (κ3) is 6.22. The summed E-state index contributed by atoms with van der Waals surface area (Å²) >= 11 is 0. The van der Waals surface area contributed by atoms with Gasteiger partial charge in [-0.2, -0.15) is 0 Å². The number of hydrogen-bond acceptors (Lipinski definition) is 3. The molecule has 0 unspecified atom stereocenters. The molecule has 0 atom stereocenters. The summed E-state index contributed by atoms with van der Waals surface area (Å²) in [5.41, 5.74) is 0.311. The van der Waals surface area contributed by atoms with Crippen molar-refractivity contribution in [3.8, 4) is 0 Å². The Hall–Kier alpha value is -1.32. The van der Waals surface area contributed by atoms with Crippen LogP contribution >= 0.6 is 0 Å². The van der Waals surface area contributed by atoms with Crippen molar-refractivity contribution < 1.29 is 19.4 Å². The average molecular weight is 200 g/mol. The second kappa shape index (κ2) is 4.79. The molecule has 0 heterocycles. The van der Waals surface area contributed by atoms with Gasteiger partial charge in [0.15, 0.2) is 6.61 Å². The first-order chi connectivity index (χ1) is 6.22. The van der Waals surface area contributed by atoms with Gasteiger partial charge in [-0.25, -0.2) is 9.59 Å². The fourth-order valence-electron chi connectivity index (χ4n) is 0.950. The van der Waals surface area contributed by atoms with Crippen LogP contribution in [0.1, 0.15) is 27.7 Å². The average Bonchev–Trinajstić information content (AvgIpc) is 1.96. The van der Waals surface area contributed by atoms with Crippen LogP contribution < -0.4 is 0 Å². The molecule has 0 rings (SSSR count). The predicted molar refractivity (Wildman–Crippen MR) is 51.8 cm³/mol. The summed E-state index contributed by atoms with van der Waals surface area (Å²) in [5, 5.41) is 8.28. The number of esters is 1. The standard InChI is InChI=1S/C10H16O4/c1-7(5-10(2,3)4)9(13)14-6-8(11)12/h5H,6H2,1-4H3,(H,11,12). The number of carbonyl (C=O) groups is 2. The molecule has 4 heteroatoms. The van der Waals surface area contributed by atoms with Crippen LogP contribution in [-0.4, -0.2) is 23.7 Å². The number of carboxylic acid groups (broad SMARTS) is 1. The van der Waals surface area contributed by atoms with E-state index >= 15 is 0 Å². The molecule has 0 aromatic heterocycles. The molecule has 0 aromatic rings. The molecule has 0 fully saturated rings. The molecule has 1 N–H and O–H groups in total. The van der Waals surface area contributed by atoms with Gasteiger partial charge in [-0.3, -0.25) is 0 Å². The molecule has 0 aromatic carbocycles. The molecule has 80 valence electrons. The van der Waals surface area contributed by atoms with Crippen LogP contribution in [0.15, 0.2) is 11.6 Å². The molecule has 14 heavy (non-hydrogen) atoms. The Morgan fingerprint density at radius 3 is 2.21 bits per heavy atom. The van der Waals surface area contributed by atoms with E-state index in [9.17, 15) is 9.59 Å². The third-order valence-electron chi connectivity index (χ3n) is 1.30. The molecule has 0 bridgehead atoms. The lowest BCUT2D eigenvalue weighted by Crippen LogP contribution is -2.15. The van der Waals surface area contributed by atoms with Gasteiger partial charge in [0.2, 0.25) is 0 Å². The summed E-state index contributed by atoms with van der Waals surface area (Å²) in [4.78, 5) is 21.3. The van der Waals surface area contributed by atoms with Crippen molar-refractivity contribution in [2.24, 2.45) is 5.41 Å². The Morgan fingerprint density at radius 2 is 1.86 bits per heavy atom. The summed E-state index contributed by atoms with van der Waals surface area (Å²) in [6.07, 6.45) is 1.75. The highest BCUT2D eigenvalue weighted by Gasteiger charge is 2.12. The summed E-state index contributed by atoms with van der Waals surface area (Å²) in [7, 11) is 0. The lowest BCUT2D eigenvalue weighted by molar-refractivity contribution is -0.152. The zero-order chi connectivity index (χ0) is 11.4. The highest BCUT2D eigenvalue weighted by atomic mass is 16.5. The quantitative estimate of drug-likeness (QED) is 0.555. The van der Waals surface area contributed by atoms with Gasteiger partial charge in [0, 0.05) is 5.57 Å². The minimum Gasteiger partial charge on any atom is -0.479 e. The van der Waals surface area contributed by atoms with Gasteiger partial charge < -0.3 is 9.84 Å². The van der Waals surface area contributed by atoms with Crippen molar-refractivity contribution in [2.45, 2.75) is 27.7 Å². The number of rotatable bonds is 3. The Labute approximate surface area is 83.6 Å². The molecule has 0 amide bonds. The molecule has 0 saturated carbocycles. The van der Waals surface area contributed by atoms with Crippen molar-refractivity contribution >= 4 is 11.9 Å². The minimum absolute atomic E-state index is 0.119. The number of allylic oxidation sites excluding steroid dienone is 1. The number of aliphatic carboxylic acids is 1. The van der Waals surface area contributed by atoms with Crippen LogP contribution in [0.2, 0.25) is 0 Å². The molecule has 0 saturated heterocycles. The molecule has 0 radical (unpaired) electrons. The van der Waals surface area contributed by atoms with E-state index in [1.165, 1.54) is 0 Å². The van der Waals surface area contributed by atoms with Crippen molar-refractivity contribution in [3.05, 3.63) is 11.6 Å². The molecule has 0 spiro atoms. The molecular weight excluding hydrogens is 184 g/mol. The lowest BCUT2D eigenvalue weighted by Gasteiger charge is -2.13. The lowest BCUT2D eigenvalue weighted by atomic mass is 9.94. The van der Waals surface area contributed by atoms with Crippen LogP contribution in [0, 0.1) is 5.41 Å². The fraction of sp³-hybridized carbons (Fsp3) is 0.600. The number of carboxylic acids is 1. The number of hydrogen-bond donors (Lipinski definition) is 1. The first-order valence-electron chi connectivity index (χ1n) is 4.31. The van der Waals surface area contributed by atoms with E-state index in [0.29, 0.717) is 5.57 Å². The Kier molecular flexibility index (Phi) is 4.34. The SMILES string of the molecule is CC(=CC(C)(C)C)C(=O)OCC(=O)O. The summed E-state index contributed by atoms with van der Waals surface area (Å²) in [6.45, 7) is 6.85. The maximum absolute atomic E-state index is 11.2. The number of ether oxygens (including phenoxy) is 1. The van der Waals surface area contributed by atoms with Crippen LogP contribution in [-0.2, 0) is 14.3 Å². The predicted octanol–water partition coefficient (Wildman–Crippen LogP) is 1.61. The Balaban J connectivity index is 4.26. The minimum atomic E-state index is -1.15. The van der Waals surface area contributed by atoms with E-state index in [1.54, 1.807) is 13.0 Å². The van der Waals surface area contributed by atoms with Crippen LogP contribution in [0.3, 0.4) is 0 Å². The van der Waals surface area contributed by atoms with Crippen LogP contribution in [0.25, 0.3) is 0 Å². The highest BCUT2D eigenvalue weighted by molar-refractivity contribution is 5.89. The van der Waals surface area contributed by atoms with E-state index < -0.39 is 18.5 Å². The van der Waals surface area contributed by atoms with Gasteiger partial charge >= 0.3 is 11.9 Å². The highest BCUT2D eigenvalue weighted by Crippen LogP contribution is 2.17. The maximum Gasteiger partial charge on any atom is 0.341 e. The van der Waals surface area contributed by atoms with Crippen molar-refractivity contribution in [3.63, 3.8) is 0 Å². The van der Waals surface area contributed by atoms with E-state index in [0.717, 1.165) is 0 Å². The van der Waals surface area contributed by atoms with Crippen molar-refractivity contribution in [1.29, 1.82) is 0 Å². The van der Waals surface area contributed by atoms with Gasteiger partial charge in [-0.1, -0.05) is 26.8 Å². The number of carbonyl (C=O) groups excluding carboxylic acids is 1.